The SMILES string of the molecule is O=C(CC(=O)N1CCN(Cc2ccccc2)CC1)N1CCN(Cc2ccccc2)CC1. The summed E-state index contributed by atoms with van der Waals surface area (Å²) in [4.78, 5) is 33.8. The van der Waals surface area contributed by atoms with Crippen LogP contribution < -0.4 is 0 Å². The smallest absolute Gasteiger partial charge is 0.232 e. The Bertz CT molecular complexity index is 771. The standard InChI is InChI=1S/C25H32N4O2/c30-24(28-15-11-26(12-16-28)20-22-7-3-1-4-8-22)19-25(31)29-17-13-27(14-18-29)21-23-9-5-2-6-10-23/h1-10H,11-21H2. The summed E-state index contributed by atoms with van der Waals surface area (Å²) in [6.07, 6.45) is -0.00261. The van der Waals surface area contributed by atoms with Crippen molar-refractivity contribution < 1.29 is 9.59 Å². The van der Waals surface area contributed by atoms with Gasteiger partial charge in [-0.05, 0) is 11.1 Å². The van der Waals surface area contributed by atoms with Crippen molar-refractivity contribution in [2.24, 2.45) is 0 Å². The van der Waals surface area contributed by atoms with Crippen LogP contribution in [-0.2, 0) is 22.7 Å². The molecule has 0 aromatic heterocycles. The molecule has 0 bridgehead atoms. The molecule has 4 rings (SSSR count). The molecule has 2 amide bonds. The third kappa shape index (κ3) is 6.15. The lowest BCUT2D eigenvalue weighted by atomic mass is 10.2. The lowest BCUT2D eigenvalue weighted by Gasteiger charge is -2.36. The molecule has 2 aromatic rings. The Morgan fingerprint density at radius 2 is 0.903 bits per heavy atom. The number of hydrogen-bond acceptors (Lipinski definition) is 4. The van der Waals surface area contributed by atoms with Crippen LogP contribution in [0.15, 0.2) is 60.7 Å². The normalized spacial score (nSPS) is 18.2. The minimum atomic E-state index is -0.0314. The molecule has 0 spiro atoms. The van der Waals surface area contributed by atoms with E-state index in [2.05, 4.69) is 58.3 Å². The first-order valence-electron chi connectivity index (χ1n) is 11.3. The minimum Gasteiger partial charge on any atom is -0.340 e. The van der Waals surface area contributed by atoms with E-state index in [4.69, 9.17) is 0 Å². The van der Waals surface area contributed by atoms with Crippen LogP contribution in [-0.4, -0.2) is 83.8 Å². The molecular weight excluding hydrogens is 388 g/mol. The van der Waals surface area contributed by atoms with E-state index in [0.717, 1.165) is 39.3 Å². The summed E-state index contributed by atoms with van der Waals surface area (Å²) in [6, 6.07) is 20.8. The van der Waals surface area contributed by atoms with Gasteiger partial charge in [0.1, 0.15) is 6.42 Å². The predicted octanol–water partition coefficient (Wildman–Crippen LogP) is 2.07. The third-order valence-corrected chi connectivity index (χ3v) is 6.25. The highest BCUT2D eigenvalue weighted by Gasteiger charge is 2.26. The number of piperazine rings is 2. The maximum Gasteiger partial charge on any atom is 0.232 e. The van der Waals surface area contributed by atoms with E-state index >= 15 is 0 Å². The molecule has 6 nitrogen and oxygen atoms in total. The molecule has 31 heavy (non-hydrogen) atoms. The molecule has 0 aliphatic carbocycles. The maximum absolute atomic E-state index is 12.7. The molecule has 0 radical (unpaired) electrons. The van der Waals surface area contributed by atoms with Crippen molar-refractivity contribution in [1.82, 2.24) is 19.6 Å². The zero-order valence-corrected chi connectivity index (χ0v) is 18.2. The topological polar surface area (TPSA) is 47.1 Å². The Kier molecular flexibility index (Phi) is 7.33. The molecule has 2 aromatic carbocycles. The average Bonchev–Trinajstić information content (AvgIpc) is 2.81. The van der Waals surface area contributed by atoms with E-state index in [0.29, 0.717) is 26.2 Å². The van der Waals surface area contributed by atoms with E-state index < -0.39 is 0 Å². The van der Waals surface area contributed by atoms with Gasteiger partial charge in [0.15, 0.2) is 0 Å². The highest BCUT2D eigenvalue weighted by atomic mass is 16.2. The second kappa shape index (κ2) is 10.6. The van der Waals surface area contributed by atoms with Crippen LogP contribution >= 0.6 is 0 Å². The lowest BCUT2D eigenvalue weighted by molar-refractivity contribution is -0.142. The first kappa shape index (κ1) is 21.5. The second-order valence-corrected chi connectivity index (χ2v) is 8.46. The monoisotopic (exact) mass is 420 g/mol. The first-order chi connectivity index (χ1) is 15.2. The zero-order valence-electron chi connectivity index (χ0n) is 18.2. The molecule has 2 saturated heterocycles. The van der Waals surface area contributed by atoms with E-state index in [-0.39, 0.29) is 18.2 Å². The molecule has 0 unspecified atom stereocenters. The van der Waals surface area contributed by atoms with Gasteiger partial charge in [0.05, 0.1) is 0 Å². The number of carbonyl (C=O) groups is 2. The van der Waals surface area contributed by atoms with Gasteiger partial charge in [-0.15, -0.1) is 0 Å². The fraction of sp³-hybridized carbons (Fsp3) is 0.440. The van der Waals surface area contributed by atoms with E-state index in [1.807, 2.05) is 21.9 Å². The van der Waals surface area contributed by atoms with Gasteiger partial charge < -0.3 is 9.80 Å². The van der Waals surface area contributed by atoms with E-state index in [1.165, 1.54) is 11.1 Å². The number of amides is 2. The summed E-state index contributed by atoms with van der Waals surface area (Å²) in [6.45, 7) is 8.03. The summed E-state index contributed by atoms with van der Waals surface area (Å²) in [5.74, 6) is -0.0628. The van der Waals surface area contributed by atoms with Gasteiger partial charge in [-0.25, -0.2) is 0 Å². The number of rotatable bonds is 6. The van der Waals surface area contributed by atoms with Gasteiger partial charge in [0, 0.05) is 65.4 Å². The Labute approximate surface area is 185 Å². The van der Waals surface area contributed by atoms with Crippen LogP contribution in [0.5, 0.6) is 0 Å². The van der Waals surface area contributed by atoms with Crippen molar-refractivity contribution >= 4 is 11.8 Å². The number of nitrogens with zero attached hydrogens (tertiary/aromatic N) is 4. The van der Waals surface area contributed by atoms with Gasteiger partial charge in [-0.3, -0.25) is 19.4 Å². The molecule has 0 N–H and O–H groups in total. The van der Waals surface area contributed by atoms with Crippen molar-refractivity contribution in [2.45, 2.75) is 19.5 Å². The summed E-state index contributed by atoms with van der Waals surface area (Å²) < 4.78 is 0. The number of carbonyl (C=O) groups excluding carboxylic acids is 2. The number of hydrogen-bond donors (Lipinski definition) is 0. The van der Waals surface area contributed by atoms with Crippen LogP contribution in [0.3, 0.4) is 0 Å². The van der Waals surface area contributed by atoms with Crippen LogP contribution in [0.2, 0.25) is 0 Å². The molecule has 2 aliphatic heterocycles. The maximum atomic E-state index is 12.7. The van der Waals surface area contributed by atoms with Gasteiger partial charge in [-0.2, -0.15) is 0 Å². The summed E-state index contributed by atoms with van der Waals surface area (Å²) in [5.41, 5.74) is 2.59. The van der Waals surface area contributed by atoms with Gasteiger partial charge in [0.25, 0.3) is 0 Å². The van der Waals surface area contributed by atoms with Crippen LogP contribution in [0.1, 0.15) is 17.5 Å². The summed E-state index contributed by atoms with van der Waals surface area (Å²) in [5, 5.41) is 0. The zero-order chi connectivity index (χ0) is 21.5. The molecule has 164 valence electrons. The fourth-order valence-corrected chi connectivity index (χ4v) is 4.35. The van der Waals surface area contributed by atoms with Crippen LogP contribution in [0.4, 0.5) is 0 Å². The molecule has 0 saturated carbocycles. The van der Waals surface area contributed by atoms with Crippen LogP contribution in [0, 0.1) is 0 Å². The largest absolute Gasteiger partial charge is 0.340 e. The lowest BCUT2D eigenvalue weighted by Crippen LogP contribution is -2.51. The van der Waals surface area contributed by atoms with Gasteiger partial charge >= 0.3 is 0 Å². The second-order valence-electron chi connectivity index (χ2n) is 8.46. The Morgan fingerprint density at radius 3 is 1.26 bits per heavy atom. The molecule has 6 heteroatoms. The fourth-order valence-electron chi connectivity index (χ4n) is 4.35. The molecular formula is C25H32N4O2. The molecule has 2 heterocycles. The Balaban J connectivity index is 1.17. The Hall–Kier alpha value is -2.70. The van der Waals surface area contributed by atoms with Crippen molar-refractivity contribution in [3.8, 4) is 0 Å². The van der Waals surface area contributed by atoms with E-state index in [1.54, 1.807) is 0 Å². The molecule has 0 atom stereocenters. The average molecular weight is 421 g/mol. The van der Waals surface area contributed by atoms with Crippen molar-refractivity contribution in [1.29, 1.82) is 0 Å². The highest BCUT2D eigenvalue weighted by Crippen LogP contribution is 2.12. The van der Waals surface area contributed by atoms with Gasteiger partial charge in [-0.1, -0.05) is 60.7 Å². The first-order valence-corrected chi connectivity index (χ1v) is 11.3. The minimum absolute atomic E-state index is 0.00261. The predicted molar refractivity (Wildman–Crippen MR) is 121 cm³/mol. The summed E-state index contributed by atoms with van der Waals surface area (Å²) in [7, 11) is 0. The van der Waals surface area contributed by atoms with E-state index in [9.17, 15) is 9.59 Å². The van der Waals surface area contributed by atoms with Gasteiger partial charge in [0.2, 0.25) is 11.8 Å². The molecule has 2 aliphatic rings. The quantitative estimate of drug-likeness (QED) is 0.672. The van der Waals surface area contributed by atoms with Crippen molar-refractivity contribution in [2.75, 3.05) is 52.4 Å². The van der Waals surface area contributed by atoms with Crippen LogP contribution in [0.25, 0.3) is 0 Å². The van der Waals surface area contributed by atoms with Crippen molar-refractivity contribution in [3.05, 3.63) is 71.8 Å². The molecule has 2 fully saturated rings. The Morgan fingerprint density at radius 1 is 0.548 bits per heavy atom. The number of benzene rings is 2. The summed E-state index contributed by atoms with van der Waals surface area (Å²) >= 11 is 0. The third-order valence-electron chi connectivity index (χ3n) is 6.25. The highest BCUT2D eigenvalue weighted by molar-refractivity contribution is 5.97. The van der Waals surface area contributed by atoms with Crippen molar-refractivity contribution in [3.63, 3.8) is 0 Å².